The van der Waals surface area contributed by atoms with Crippen LogP contribution < -0.4 is 5.56 Å². The van der Waals surface area contributed by atoms with E-state index in [4.69, 9.17) is 4.74 Å². The van der Waals surface area contributed by atoms with Crippen LogP contribution in [-0.4, -0.2) is 21.6 Å². The Morgan fingerprint density at radius 1 is 1.27 bits per heavy atom. The average molecular weight is 370 g/mol. The predicted octanol–water partition coefficient (Wildman–Crippen LogP) is 4.34. The highest BCUT2D eigenvalue weighted by atomic mass is 32.1. The first kappa shape index (κ1) is 18.3. The van der Waals surface area contributed by atoms with Crippen molar-refractivity contribution < 1.29 is 9.53 Å². The maximum Gasteiger partial charge on any atom is 0.329 e. The van der Waals surface area contributed by atoms with Gasteiger partial charge in [0, 0.05) is 10.4 Å². The second-order valence-corrected chi connectivity index (χ2v) is 7.57. The van der Waals surface area contributed by atoms with Crippen molar-refractivity contribution in [3.05, 3.63) is 51.9 Å². The van der Waals surface area contributed by atoms with Gasteiger partial charge in [-0.15, -0.1) is 11.3 Å². The minimum Gasteiger partial charge on any atom is -0.461 e. The molecule has 0 aliphatic heterocycles. The van der Waals surface area contributed by atoms with Gasteiger partial charge < -0.3 is 4.74 Å². The quantitative estimate of drug-likeness (QED) is 0.627. The number of aryl methyl sites for hydroxylation is 1. The number of esters is 1. The van der Waals surface area contributed by atoms with Gasteiger partial charge in [0.2, 0.25) is 0 Å². The molecule has 0 N–H and O–H groups in total. The Hall–Kier alpha value is -2.47. The molecule has 136 valence electrons. The number of fused-ring (bicyclic) bond motifs is 1. The second-order valence-electron chi connectivity index (χ2n) is 6.37. The Balaban J connectivity index is 2.11. The van der Waals surface area contributed by atoms with Crippen molar-refractivity contribution >= 4 is 27.5 Å². The Morgan fingerprint density at radius 3 is 2.62 bits per heavy atom. The maximum atomic E-state index is 13.2. The fourth-order valence-electron chi connectivity index (χ4n) is 2.84. The van der Waals surface area contributed by atoms with Crippen molar-refractivity contribution in [1.29, 1.82) is 0 Å². The van der Waals surface area contributed by atoms with Crippen molar-refractivity contribution in [3.63, 3.8) is 0 Å². The lowest BCUT2D eigenvalue weighted by atomic mass is 10.0. The van der Waals surface area contributed by atoms with Crippen molar-refractivity contribution in [1.82, 2.24) is 9.55 Å². The summed E-state index contributed by atoms with van der Waals surface area (Å²) in [5, 5.41) is 0.560. The Bertz CT molecular complexity index is 991. The highest BCUT2D eigenvalue weighted by Crippen LogP contribution is 2.35. The van der Waals surface area contributed by atoms with Crippen LogP contribution in [0.4, 0.5) is 0 Å². The van der Waals surface area contributed by atoms with E-state index in [2.05, 4.69) is 4.98 Å². The normalized spacial score (nSPS) is 13.5. The first-order valence-electron chi connectivity index (χ1n) is 8.70. The summed E-state index contributed by atoms with van der Waals surface area (Å²) in [6, 6.07) is 9.06. The van der Waals surface area contributed by atoms with E-state index in [9.17, 15) is 9.59 Å². The van der Waals surface area contributed by atoms with Crippen LogP contribution in [0.25, 0.3) is 21.3 Å². The molecular formula is C20H22N2O3S. The number of carbonyl (C=O) groups is 1. The van der Waals surface area contributed by atoms with Crippen molar-refractivity contribution in [2.75, 3.05) is 0 Å². The number of aromatic nitrogens is 2. The van der Waals surface area contributed by atoms with Crippen LogP contribution >= 0.6 is 11.3 Å². The first-order valence-corrected chi connectivity index (χ1v) is 9.51. The fraction of sp³-hybridized carbons (Fsp3) is 0.350. The van der Waals surface area contributed by atoms with Gasteiger partial charge in [0.25, 0.3) is 5.56 Å². The Labute approximate surface area is 156 Å². The standard InChI is InChI=1S/C20H22N2O3S/c1-5-12(2)25-20(24)13(3)22-11-21-18-17(19(22)23)16(14(4)26-18)15-9-7-6-8-10-15/h6-13H,5H2,1-4H3. The lowest BCUT2D eigenvalue weighted by Crippen LogP contribution is -2.31. The minimum atomic E-state index is -0.725. The molecule has 2 heterocycles. The maximum absolute atomic E-state index is 13.2. The molecule has 5 nitrogen and oxygen atoms in total. The number of benzene rings is 1. The van der Waals surface area contributed by atoms with Gasteiger partial charge in [-0.05, 0) is 32.8 Å². The first-order chi connectivity index (χ1) is 12.4. The molecule has 0 spiro atoms. The molecule has 0 radical (unpaired) electrons. The van der Waals surface area contributed by atoms with Gasteiger partial charge in [0.1, 0.15) is 10.9 Å². The smallest absolute Gasteiger partial charge is 0.329 e. The van der Waals surface area contributed by atoms with E-state index in [-0.39, 0.29) is 11.7 Å². The van der Waals surface area contributed by atoms with E-state index in [1.165, 1.54) is 22.2 Å². The van der Waals surface area contributed by atoms with Gasteiger partial charge in [0.05, 0.1) is 17.8 Å². The largest absolute Gasteiger partial charge is 0.461 e. The third-order valence-electron chi connectivity index (χ3n) is 4.53. The lowest BCUT2D eigenvalue weighted by molar-refractivity contribution is -0.152. The van der Waals surface area contributed by atoms with E-state index in [1.54, 1.807) is 6.92 Å². The number of hydrogen-bond donors (Lipinski definition) is 0. The van der Waals surface area contributed by atoms with Gasteiger partial charge in [-0.1, -0.05) is 37.3 Å². The molecule has 3 rings (SSSR count). The lowest BCUT2D eigenvalue weighted by Gasteiger charge is -2.17. The van der Waals surface area contributed by atoms with Crippen LogP contribution in [-0.2, 0) is 9.53 Å². The fourth-order valence-corrected chi connectivity index (χ4v) is 3.84. The molecule has 6 heteroatoms. The van der Waals surface area contributed by atoms with Gasteiger partial charge in [-0.2, -0.15) is 0 Å². The van der Waals surface area contributed by atoms with Crippen molar-refractivity contribution in [2.45, 2.75) is 46.3 Å². The molecule has 26 heavy (non-hydrogen) atoms. The molecule has 2 unspecified atom stereocenters. The Kier molecular flexibility index (Phi) is 5.23. The van der Waals surface area contributed by atoms with E-state index < -0.39 is 12.0 Å². The summed E-state index contributed by atoms with van der Waals surface area (Å²) >= 11 is 1.49. The molecule has 0 aliphatic rings. The number of carbonyl (C=O) groups excluding carboxylic acids is 1. The summed E-state index contributed by atoms with van der Waals surface area (Å²) in [4.78, 5) is 31.7. The highest BCUT2D eigenvalue weighted by molar-refractivity contribution is 7.19. The molecule has 2 atom stereocenters. The summed E-state index contributed by atoms with van der Waals surface area (Å²) in [5.74, 6) is -0.421. The third-order valence-corrected chi connectivity index (χ3v) is 5.54. The molecule has 0 aliphatic carbocycles. The molecular weight excluding hydrogens is 348 g/mol. The summed E-state index contributed by atoms with van der Waals surface area (Å²) in [6.45, 7) is 7.44. The Morgan fingerprint density at radius 2 is 1.96 bits per heavy atom. The SMILES string of the molecule is CCC(C)OC(=O)C(C)n1cnc2sc(C)c(-c3ccccc3)c2c1=O. The van der Waals surface area contributed by atoms with Gasteiger partial charge >= 0.3 is 5.97 Å². The van der Waals surface area contributed by atoms with Gasteiger partial charge in [-0.25, -0.2) is 9.78 Å². The number of ether oxygens (including phenoxy) is 1. The molecule has 0 saturated carbocycles. The van der Waals surface area contributed by atoms with Crippen molar-refractivity contribution in [3.8, 4) is 11.1 Å². The van der Waals surface area contributed by atoms with Gasteiger partial charge in [0.15, 0.2) is 0 Å². The topological polar surface area (TPSA) is 61.2 Å². The second kappa shape index (κ2) is 7.41. The van der Waals surface area contributed by atoms with Crippen molar-refractivity contribution in [2.24, 2.45) is 0 Å². The number of nitrogens with zero attached hydrogens (tertiary/aromatic N) is 2. The zero-order valence-electron chi connectivity index (χ0n) is 15.4. The minimum absolute atomic E-state index is 0.180. The highest BCUT2D eigenvalue weighted by Gasteiger charge is 2.23. The van der Waals surface area contributed by atoms with Gasteiger partial charge in [-0.3, -0.25) is 9.36 Å². The predicted molar refractivity (Wildman–Crippen MR) is 105 cm³/mol. The summed E-state index contributed by atoms with van der Waals surface area (Å²) in [6.07, 6.45) is 1.99. The molecule has 3 aromatic rings. The van der Waals surface area contributed by atoms with E-state index >= 15 is 0 Å². The molecule has 0 amide bonds. The summed E-state index contributed by atoms with van der Waals surface area (Å²) < 4.78 is 6.75. The van der Waals surface area contributed by atoms with Crippen LogP contribution in [0.5, 0.6) is 0 Å². The van der Waals surface area contributed by atoms with E-state index in [0.717, 1.165) is 22.4 Å². The van der Waals surface area contributed by atoms with E-state index in [0.29, 0.717) is 10.2 Å². The summed E-state index contributed by atoms with van der Waals surface area (Å²) in [7, 11) is 0. The molecule has 0 saturated heterocycles. The molecule has 0 bridgehead atoms. The van der Waals surface area contributed by atoms with Crippen LogP contribution in [0.15, 0.2) is 41.5 Å². The van der Waals surface area contributed by atoms with Crippen LogP contribution in [0.1, 0.15) is 38.1 Å². The summed E-state index contributed by atoms with van der Waals surface area (Å²) in [5.41, 5.74) is 1.65. The number of thiophene rings is 1. The van der Waals surface area contributed by atoms with Crippen LogP contribution in [0.2, 0.25) is 0 Å². The van der Waals surface area contributed by atoms with Crippen LogP contribution in [0, 0.1) is 6.92 Å². The third kappa shape index (κ3) is 3.29. The molecule has 2 aromatic heterocycles. The molecule has 0 fully saturated rings. The zero-order chi connectivity index (χ0) is 18.8. The zero-order valence-corrected chi connectivity index (χ0v) is 16.2. The number of hydrogen-bond acceptors (Lipinski definition) is 5. The van der Waals surface area contributed by atoms with E-state index in [1.807, 2.05) is 51.1 Å². The number of rotatable bonds is 5. The average Bonchev–Trinajstić information content (AvgIpc) is 2.98. The van der Waals surface area contributed by atoms with Crippen LogP contribution in [0.3, 0.4) is 0 Å². The monoisotopic (exact) mass is 370 g/mol. The molecule has 1 aromatic carbocycles.